The van der Waals surface area contributed by atoms with Crippen LogP contribution >= 0.6 is 0 Å². The lowest BCUT2D eigenvalue weighted by Gasteiger charge is -2.08. The Morgan fingerprint density at radius 3 is 2.64 bits per heavy atom. The average Bonchev–Trinajstić information content (AvgIpc) is 2.82. The summed E-state index contributed by atoms with van der Waals surface area (Å²) >= 11 is 0. The molecule has 0 aliphatic heterocycles. The van der Waals surface area contributed by atoms with Crippen molar-refractivity contribution in [2.75, 3.05) is 18.1 Å². The summed E-state index contributed by atoms with van der Waals surface area (Å²) in [4.78, 5) is 12.1. The summed E-state index contributed by atoms with van der Waals surface area (Å²) in [6.07, 6.45) is 2.75. The smallest absolute Gasteiger partial charge is 0.227 e. The van der Waals surface area contributed by atoms with Crippen LogP contribution in [0.3, 0.4) is 0 Å². The van der Waals surface area contributed by atoms with Gasteiger partial charge in [-0.15, -0.1) is 0 Å². The van der Waals surface area contributed by atoms with E-state index in [0.717, 1.165) is 12.8 Å². The van der Waals surface area contributed by atoms with Gasteiger partial charge in [0.25, 0.3) is 0 Å². The summed E-state index contributed by atoms with van der Waals surface area (Å²) in [5.41, 5.74) is 11.4. The fourth-order valence-electron chi connectivity index (χ4n) is 1.28. The molecule has 0 unspecified atom stereocenters. The fraction of sp³-hybridized carbons (Fsp3) is 0.625. The van der Waals surface area contributed by atoms with Gasteiger partial charge in [-0.25, -0.2) is 0 Å². The third-order valence-corrected chi connectivity index (χ3v) is 2.33. The maximum Gasteiger partial charge on any atom is 0.227 e. The Kier molecular flexibility index (Phi) is 1.99. The van der Waals surface area contributed by atoms with Crippen LogP contribution < -0.4 is 16.8 Å². The fourth-order valence-corrected chi connectivity index (χ4v) is 1.28. The van der Waals surface area contributed by atoms with Crippen LogP contribution in [0, 0.1) is 0 Å². The van der Waals surface area contributed by atoms with Crippen LogP contribution in [-0.2, 0) is 6.42 Å². The van der Waals surface area contributed by atoms with Crippen molar-refractivity contribution in [2.24, 2.45) is 5.73 Å². The largest absolute Gasteiger partial charge is 0.368 e. The van der Waals surface area contributed by atoms with E-state index >= 15 is 0 Å². The van der Waals surface area contributed by atoms with E-state index in [1.54, 1.807) is 7.05 Å². The van der Waals surface area contributed by atoms with Gasteiger partial charge in [0.15, 0.2) is 0 Å². The first-order valence-corrected chi connectivity index (χ1v) is 4.58. The maximum absolute atomic E-state index is 5.96. The number of hydrogen-bond donors (Lipinski definition) is 3. The van der Waals surface area contributed by atoms with Crippen molar-refractivity contribution >= 4 is 11.9 Å². The van der Waals surface area contributed by atoms with Gasteiger partial charge >= 0.3 is 0 Å². The van der Waals surface area contributed by atoms with Crippen molar-refractivity contribution in [3.05, 3.63) is 5.82 Å². The summed E-state index contributed by atoms with van der Waals surface area (Å²) in [7, 11) is 1.74. The number of aromatic nitrogens is 3. The predicted octanol–water partition coefficient (Wildman–Crippen LogP) is -0.471. The van der Waals surface area contributed by atoms with E-state index in [0.29, 0.717) is 18.2 Å². The molecule has 5 N–H and O–H groups in total. The first kappa shape index (κ1) is 9.14. The molecule has 1 heterocycles. The lowest BCUT2D eigenvalue weighted by molar-refractivity contribution is 0.642. The van der Waals surface area contributed by atoms with E-state index in [1.807, 2.05) is 0 Å². The Morgan fingerprint density at radius 2 is 2.07 bits per heavy atom. The van der Waals surface area contributed by atoms with Gasteiger partial charge in [-0.1, -0.05) is 0 Å². The molecule has 0 spiro atoms. The molecule has 0 radical (unpaired) electrons. The minimum Gasteiger partial charge on any atom is -0.368 e. The van der Waals surface area contributed by atoms with Crippen molar-refractivity contribution in [3.63, 3.8) is 0 Å². The van der Waals surface area contributed by atoms with Gasteiger partial charge in [0.2, 0.25) is 11.9 Å². The minimum absolute atomic E-state index is 0.0984. The van der Waals surface area contributed by atoms with Crippen molar-refractivity contribution in [2.45, 2.75) is 24.8 Å². The number of nitrogens with two attached hydrogens (primary N) is 2. The second-order valence-corrected chi connectivity index (χ2v) is 3.72. The lowest BCUT2D eigenvalue weighted by atomic mass is 10.2. The monoisotopic (exact) mass is 194 g/mol. The highest BCUT2D eigenvalue weighted by atomic mass is 15.2. The van der Waals surface area contributed by atoms with Crippen LogP contribution in [0.15, 0.2) is 0 Å². The molecule has 0 atom stereocenters. The standard InChI is InChI=1S/C8H14N6/c1-11-7-13-5(12-6(9)14-7)4-8(10)2-3-8/h2-4,10H2,1H3,(H3,9,11,12,13,14). The lowest BCUT2D eigenvalue weighted by Crippen LogP contribution is -2.26. The number of nitrogens with zero attached hydrogens (tertiary/aromatic N) is 3. The first-order valence-electron chi connectivity index (χ1n) is 4.58. The molecule has 1 aromatic heterocycles. The van der Waals surface area contributed by atoms with Gasteiger partial charge in [0.05, 0.1) is 0 Å². The van der Waals surface area contributed by atoms with E-state index in [-0.39, 0.29) is 11.5 Å². The molecule has 76 valence electrons. The molecule has 14 heavy (non-hydrogen) atoms. The Balaban J connectivity index is 2.20. The van der Waals surface area contributed by atoms with Gasteiger partial charge in [-0.05, 0) is 12.8 Å². The molecule has 1 aromatic rings. The summed E-state index contributed by atoms with van der Waals surface area (Å²) < 4.78 is 0. The van der Waals surface area contributed by atoms with Gasteiger partial charge in [-0.2, -0.15) is 15.0 Å². The number of rotatable bonds is 3. The Labute approximate surface area is 82.1 Å². The molecular weight excluding hydrogens is 180 g/mol. The average molecular weight is 194 g/mol. The van der Waals surface area contributed by atoms with E-state index in [9.17, 15) is 0 Å². The summed E-state index contributed by atoms with van der Waals surface area (Å²) in [5, 5.41) is 2.83. The normalized spacial score (nSPS) is 17.9. The van der Waals surface area contributed by atoms with E-state index in [1.165, 1.54) is 0 Å². The van der Waals surface area contributed by atoms with Gasteiger partial charge < -0.3 is 16.8 Å². The van der Waals surface area contributed by atoms with Crippen molar-refractivity contribution in [3.8, 4) is 0 Å². The molecule has 0 bridgehead atoms. The van der Waals surface area contributed by atoms with Gasteiger partial charge in [0, 0.05) is 19.0 Å². The van der Waals surface area contributed by atoms with Crippen LogP contribution in [0.5, 0.6) is 0 Å². The van der Waals surface area contributed by atoms with Gasteiger partial charge in [0.1, 0.15) is 5.82 Å². The summed E-state index contributed by atoms with van der Waals surface area (Å²) in [6, 6.07) is 0. The Hall–Kier alpha value is -1.43. The third-order valence-electron chi connectivity index (χ3n) is 2.33. The SMILES string of the molecule is CNc1nc(N)nc(CC2(N)CC2)n1. The van der Waals surface area contributed by atoms with Crippen molar-refractivity contribution in [1.82, 2.24) is 15.0 Å². The van der Waals surface area contributed by atoms with E-state index < -0.39 is 0 Å². The highest BCUT2D eigenvalue weighted by Gasteiger charge is 2.39. The maximum atomic E-state index is 5.96. The molecule has 1 aliphatic rings. The molecular formula is C8H14N6. The highest BCUT2D eigenvalue weighted by molar-refractivity contribution is 5.30. The zero-order valence-electron chi connectivity index (χ0n) is 8.12. The molecule has 6 nitrogen and oxygen atoms in total. The Morgan fingerprint density at radius 1 is 1.36 bits per heavy atom. The number of hydrogen-bond acceptors (Lipinski definition) is 6. The quantitative estimate of drug-likeness (QED) is 0.601. The zero-order valence-corrected chi connectivity index (χ0v) is 8.12. The highest BCUT2D eigenvalue weighted by Crippen LogP contribution is 2.34. The molecule has 1 fully saturated rings. The van der Waals surface area contributed by atoms with E-state index in [2.05, 4.69) is 20.3 Å². The second-order valence-electron chi connectivity index (χ2n) is 3.72. The molecule has 0 saturated heterocycles. The van der Waals surface area contributed by atoms with Crippen molar-refractivity contribution < 1.29 is 0 Å². The van der Waals surface area contributed by atoms with Gasteiger partial charge in [-0.3, -0.25) is 0 Å². The minimum atomic E-state index is -0.0984. The van der Waals surface area contributed by atoms with Crippen LogP contribution in [0.4, 0.5) is 11.9 Å². The molecule has 1 aliphatic carbocycles. The van der Waals surface area contributed by atoms with Crippen LogP contribution in [0.1, 0.15) is 18.7 Å². The van der Waals surface area contributed by atoms with E-state index in [4.69, 9.17) is 11.5 Å². The first-order chi connectivity index (χ1) is 6.61. The van der Waals surface area contributed by atoms with Crippen molar-refractivity contribution in [1.29, 1.82) is 0 Å². The number of nitrogens with one attached hydrogen (secondary N) is 1. The summed E-state index contributed by atoms with van der Waals surface area (Å²) in [6.45, 7) is 0. The summed E-state index contributed by atoms with van der Waals surface area (Å²) in [5.74, 6) is 1.40. The molecule has 0 aromatic carbocycles. The third kappa shape index (κ3) is 1.90. The Bertz CT molecular complexity index is 346. The van der Waals surface area contributed by atoms with Crippen LogP contribution in [0.25, 0.3) is 0 Å². The van der Waals surface area contributed by atoms with Crippen LogP contribution in [0.2, 0.25) is 0 Å². The zero-order chi connectivity index (χ0) is 10.2. The van der Waals surface area contributed by atoms with Crippen LogP contribution in [-0.4, -0.2) is 27.5 Å². The molecule has 0 amide bonds. The molecule has 2 rings (SSSR count). The number of nitrogen functional groups attached to an aromatic ring is 1. The predicted molar refractivity (Wildman–Crippen MR) is 53.6 cm³/mol. The molecule has 1 saturated carbocycles. The number of anilines is 2. The topological polar surface area (TPSA) is 103 Å². The molecule has 6 heteroatoms. The second kappa shape index (κ2) is 3.06.